The van der Waals surface area contributed by atoms with Crippen molar-refractivity contribution < 1.29 is 0 Å². The van der Waals surface area contributed by atoms with Gasteiger partial charge in [-0.1, -0.05) is 18.1 Å². The van der Waals surface area contributed by atoms with Gasteiger partial charge in [0.25, 0.3) is 0 Å². The lowest BCUT2D eigenvalue weighted by atomic mass is 10.00. The van der Waals surface area contributed by atoms with Crippen LogP contribution in [0.5, 0.6) is 0 Å². The van der Waals surface area contributed by atoms with E-state index in [4.69, 9.17) is 5.73 Å². The molecule has 2 N–H and O–H groups in total. The average Bonchev–Trinajstić information content (AvgIpc) is 2.17. The van der Waals surface area contributed by atoms with Crippen molar-refractivity contribution in [1.82, 2.24) is 0 Å². The lowest BCUT2D eigenvalue weighted by molar-refractivity contribution is 0.813. The summed E-state index contributed by atoms with van der Waals surface area (Å²) in [6.07, 6.45) is 0. The van der Waals surface area contributed by atoms with Gasteiger partial charge in [-0.3, -0.25) is 0 Å². The Balaban J connectivity index is 3.07. The van der Waals surface area contributed by atoms with Gasteiger partial charge < -0.3 is 5.73 Å². The van der Waals surface area contributed by atoms with Crippen LogP contribution < -0.4 is 5.73 Å². The smallest absolute Gasteiger partial charge is 0.0180 e. The largest absolute Gasteiger partial charge is 0.326 e. The first kappa shape index (κ1) is 8.54. The van der Waals surface area contributed by atoms with E-state index in [1.807, 2.05) is 0 Å². The lowest BCUT2D eigenvalue weighted by Gasteiger charge is -2.05. The molecule has 1 aliphatic rings. The molecule has 0 aromatic heterocycles. The van der Waals surface area contributed by atoms with Crippen LogP contribution >= 0.6 is 0 Å². The fourth-order valence-electron chi connectivity index (χ4n) is 1.76. The summed E-state index contributed by atoms with van der Waals surface area (Å²) in [5.41, 5.74) is 11.4. The molecule has 1 rings (SSSR count). The molecule has 0 aromatic rings. The monoisotopic (exact) mass is 151 g/mol. The molecule has 62 valence electrons. The van der Waals surface area contributed by atoms with Crippen LogP contribution in [0.2, 0.25) is 0 Å². The molecule has 0 heterocycles. The molecule has 1 unspecified atom stereocenters. The van der Waals surface area contributed by atoms with Crippen molar-refractivity contribution in [2.24, 2.45) is 11.7 Å². The van der Waals surface area contributed by atoms with Crippen molar-refractivity contribution >= 4 is 0 Å². The van der Waals surface area contributed by atoms with Gasteiger partial charge in [0.15, 0.2) is 0 Å². The predicted molar refractivity (Wildman–Crippen MR) is 49.3 cm³/mol. The minimum atomic E-state index is 0.619. The van der Waals surface area contributed by atoms with Crippen molar-refractivity contribution in [2.45, 2.75) is 27.7 Å². The number of hydrogen-bond donors (Lipinski definition) is 1. The molecule has 0 bridgehead atoms. The van der Waals surface area contributed by atoms with Crippen LogP contribution in [-0.2, 0) is 0 Å². The summed E-state index contributed by atoms with van der Waals surface area (Å²) in [6.45, 7) is 9.50. The van der Waals surface area contributed by atoms with Crippen LogP contribution in [0.25, 0.3) is 0 Å². The van der Waals surface area contributed by atoms with Crippen LogP contribution in [-0.4, -0.2) is 6.54 Å². The van der Waals surface area contributed by atoms with E-state index in [1.54, 1.807) is 0 Å². The average molecular weight is 151 g/mol. The maximum atomic E-state index is 5.65. The van der Waals surface area contributed by atoms with E-state index >= 15 is 0 Å². The van der Waals surface area contributed by atoms with Gasteiger partial charge in [0, 0.05) is 6.54 Å². The molecule has 0 saturated heterocycles. The molecular formula is C10H17N. The zero-order valence-electron chi connectivity index (χ0n) is 7.86. The van der Waals surface area contributed by atoms with E-state index in [0.717, 1.165) is 0 Å². The molecule has 0 fully saturated rings. The summed E-state index contributed by atoms with van der Waals surface area (Å²) in [5, 5.41) is 0. The third-order valence-electron chi connectivity index (χ3n) is 3.02. The van der Waals surface area contributed by atoms with Crippen molar-refractivity contribution in [3.05, 3.63) is 22.3 Å². The van der Waals surface area contributed by atoms with E-state index in [2.05, 4.69) is 27.7 Å². The van der Waals surface area contributed by atoms with Gasteiger partial charge in [0.2, 0.25) is 0 Å². The Morgan fingerprint density at radius 2 is 1.73 bits per heavy atom. The van der Waals surface area contributed by atoms with Gasteiger partial charge in [0.05, 0.1) is 0 Å². The van der Waals surface area contributed by atoms with Crippen LogP contribution in [0.4, 0.5) is 0 Å². The Labute approximate surface area is 69.0 Å². The van der Waals surface area contributed by atoms with Crippen LogP contribution in [0, 0.1) is 5.92 Å². The minimum absolute atomic E-state index is 0.619. The highest BCUT2D eigenvalue weighted by Crippen LogP contribution is 2.35. The van der Waals surface area contributed by atoms with E-state index in [1.165, 1.54) is 22.3 Å². The topological polar surface area (TPSA) is 26.0 Å². The Morgan fingerprint density at radius 3 is 1.91 bits per heavy atom. The standard InChI is InChI=1S/C10H17N/c1-6-7(2)9(4)10(5-11)8(6)3/h6H,5,11H2,1-4H3. The number of hydrogen-bond acceptors (Lipinski definition) is 1. The molecule has 0 saturated carbocycles. The SMILES string of the molecule is CC1=C(C)C(C)C(C)=C1CN. The molecule has 0 amide bonds. The zero-order valence-corrected chi connectivity index (χ0v) is 7.86. The van der Waals surface area contributed by atoms with Gasteiger partial charge >= 0.3 is 0 Å². The van der Waals surface area contributed by atoms with E-state index in [-0.39, 0.29) is 0 Å². The molecule has 1 atom stereocenters. The Kier molecular flexibility index (Phi) is 2.19. The first-order valence-corrected chi connectivity index (χ1v) is 4.17. The number of nitrogens with two attached hydrogens (primary N) is 1. The van der Waals surface area contributed by atoms with Gasteiger partial charge in [-0.15, -0.1) is 0 Å². The molecular weight excluding hydrogens is 134 g/mol. The fraction of sp³-hybridized carbons (Fsp3) is 0.600. The second-order valence-electron chi connectivity index (χ2n) is 3.40. The molecule has 1 aliphatic carbocycles. The quantitative estimate of drug-likeness (QED) is 0.611. The molecule has 1 heteroatoms. The highest BCUT2D eigenvalue weighted by Gasteiger charge is 2.21. The summed E-state index contributed by atoms with van der Waals surface area (Å²) in [4.78, 5) is 0. The maximum Gasteiger partial charge on any atom is 0.0180 e. The predicted octanol–water partition coefficient (Wildman–Crippen LogP) is 2.25. The van der Waals surface area contributed by atoms with Crippen molar-refractivity contribution in [1.29, 1.82) is 0 Å². The second kappa shape index (κ2) is 2.82. The Bertz CT molecular complexity index is 233. The highest BCUT2D eigenvalue weighted by molar-refractivity contribution is 5.47. The van der Waals surface area contributed by atoms with Crippen molar-refractivity contribution in [3.8, 4) is 0 Å². The normalized spacial score (nSPS) is 25.4. The summed E-state index contributed by atoms with van der Waals surface area (Å²) in [7, 11) is 0. The van der Waals surface area contributed by atoms with Crippen molar-refractivity contribution in [2.75, 3.05) is 6.54 Å². The third-order valence-corrected chi connectivity index (χ3v) is 3.02. The lowest BCUT2D eigenvalue weighted by Crippen LogP contribution is -2.04. The first-order valence-electron chi connectivity index (χ1n) is 4.17. The number of rotatable bonds is 1. The third kappa shape index (κ3) is 1.14. The van der Waals surface area contributed by atoms with Gasteiger partial charge in [0.1, 0.15) is 0 Å². The minimum Gasteiger partial charge on any atom is -0.326 e. The summed E-state index contributed by atoms with van der Waals surface area (Å²) < 4.78 is 0. The van der Waals surface area contributed by atoms with Gasteiger partial charge in [-0.2, -0.15) is 0 Å². The Hall–Kier alpha value is -0.560. The molecule has 0 radical (unpaired) electrons. The summed E-state index contributed by atoms with van der Waals surface area (Å²) in [5.74, 6) is 0.619. The summed E-state index contributed by atoms with van der Waals surface area (Å²) in [6, 6.07) is 0. The molecule has 1 nitrogen and oxygen atoms in total. The second-order valence-corrected chi connectivity index (χ2v) is 3.40. The van der Waals surface area contributed by atoms with E-state index in [0.29, 0.717) is 12.5 Å². The molecule has 0 spiro atoms. The van der Waals surface area contributed by atoms with Crippen molar-refractivity contribution in [3.63, 3.8) is 0 Å². The summed E-state index contributed by atoms with van der Waals surface area (Å²) >= 11 is 0. The van der Waals surface area contributed by atoms with Gasteiger partial charge in [-0.25, -0.2) is 0 Å². The van der Waals surface area contributed by atoms with Crippen LogP contribution in [0.15, 0.2) is 22.3 Å². The first-order chi connectivity index (χ1) is 5.09. The molecule has 0 aromatic carbocycles. The maximum absolute atomic E-state index is 5.65. The number of allylic oxidation sites excluding steroid dienone is 2. The fourth-order valence-corrected chi connectivity index (χ4v) is 1.76. The van der Waals surface area contributed by atoms with E-state index < -0.39 is 0 Å². The molecule has 11 heavy (non-hydrogen) atoms. The highest BCUT2D eigenvalue weighted by atomic mass is 14.5. The zero-order chi connectivity index (χ0) is 8.59. The van der Waals surface area contributed by atoms with Crippen LogP contribution in [0.1, 0.15) is 27.7 Å². The van der Waals surface area contributed by atoms with Gasteiger partial charge in [-0.05, 0) is 37.8 Å². The Morgan fingerprint density at radius 1 is 1.18 bits per heavy atom. The molecule has 0 aliphatic heterocycles. The van der Waals surface area contributed by atoms with Crippen LogP contribution in [0.3, 0.4) is 0 Å². The van der Waals surface area contributed by atoms with E-state index in [9.17, 15) is 0 Å².